The predicted molar refractivity (Wildman–Crippen MR) is 146 cm³/mol. The highest BCUT2D eigenvalue weighted by atomic mass is 19.1. The fourth-order valence-corrected chi connectivity index (χ4v) is 5.16. The fourth-order valence-electron chi connectivity index (χ4n) is 5.16. The molecule has 1 N–H and O–H groups in total. The van der Waals surface area contributed by atoms with Gasteiger partial charge in [0.25, 0.3) is 5.91 Å². The van der Waals surface area contributed by atoms with E-state index >= 15 is 0 Å². The minimum absolute atomic E-state index is 0.222. The molecule has 0 radical (unpaired) electrons. The summed E-state index contributed by atoms with van der Waals surface area (Å²) in [5.41, 5.74) is 2.08. The number of aromatic amines is 1. The zero-order valence-corrected chi connectivity index (χ0v) is 22.8. The van der Waals surface area contributed by atoms with Crippen LogP contribution in [0.5, 0.6) is 5.75 Å². The van der Waals surface area contributed by atoms with E-state index < -0.39 is 11.4 Å². The van der Waals surface area contributed by atoms with E-state index in [2.05, 4.69) is 9.88 Å². The first kappa shape index (κ1) is 26.9. The number of morpholine rings is 1. The summed E-state index contributed by atoms with van der Waals surface area (Å²) in [7, 11) is 0. The van der Waals surface area contributed by atoms with Crippen molar-refractivity contribution in [1.82, 2.24) is 14.8 Å². The number of rotatable bonds is 6. The van der Waals surface area contributed by atoms with Gasteiger partial charge in [-0.15, -0.1) is 0 Å². The molecule has 3 aromatic rings. The molecular weight excluding hydrogens is 501 g/mol. The number of nitrogens with one attached hydrogen (secondary N) is 1. The quantitative estimate of drug-likeness (QED) is 0.461. The van der Waals surface area contributed by atoms with Crippen LogP contribution in [0.4, 0.5) is 4.39 Å². The molecule has 1 aromatic heterocycles. The van der Waals surface area contributed by atoms with Gasteiger partial charge in [0.15, 0.2) is 0 Å². The van der Waals surface area contributed by atoms with Crippen molar-refractivity contribution in [2.75, 3.05) is 39.6 Å². The number of ether oxygens (including phenoxy) is 3. The summed E-state index contributed by atoms with van der Waals surface area (Å²) < 4.78 is 30.8. The average molecular weight is 536 g/mol. The SMILES string of the molecule is CC(C)OC(=O)C1=CN(C(=O)c2ccc(OCN3CCOCC3)cc2)CC(C)(C)c2c1[nH]c1cc(F)ccc21. The Balaban J connectivity index is 1.45. The molecule has 0 unspecified atom stereocenters. The molecule has 39 heavy (non-hydrogen) atoms. The third kappa shape index (κ3) is 5.69. The van der Waals surface area contributed by atoms with Gasteiger partial charge in [-0.25, -0.2) is 9.18 Å². The van der Waals surface area contributed by atoms with Crippen molar-refractivity contribution in [2.45, 2.75) is 39.2 Å². The van der Waals surface area contributed by atoms with Crippen LogP contribution in [0.1, 0.15) is 49.3 Å². The Hall–Kier alpha value is -3.69. The van der Waals surface area contributed by atoms with Gasteiger partial charge in [-0.2, -0.15) is 0 Å². The van der Waals surface area contributed by atoms with E-state index in [0.29, 0.717) is 49.0 Å². The fraction of sp³-hybridized carbons (Fsp3) is 0.400. The average Bonchev–Trinajstić information content (AvgIpc) is 3.23. The van der Waals surface area contributed by atoms with E-state index in [-0.39, 0.29) is 23.4 Å². The monoisotopic (exact) mass is 535 g/mol. The first-order valence-corrected chi connectivity index (χ1v) is 13.2. The molecule has 2 aromatic carbocycles. The molecule has 0 aliphatic carbocycles. The van der Waals surface area contributed by atoms with Crippen LogP contribution in [0.3, 0.4) is 0 Å². The topological polar surface area (TPSA) is 84.1 Å². The Morgan fingerprint density at radius 3 is 2.51 bits per heavy atom. The summed E-state index contributed by atoms with van der Waals surface area (Å²) in [4.78, 5) is 34.0. The summed E-state index contributed by atoms with van der Waals surface area (Å²) in [6.45, 7) is 11.3. The highest BCUT2D eigenvalue weighted by molar-refractivity contribution is 6.18. The predicted octanol–water partition coefficient (Wildman–Crippen LogP) is 4.70. The molecule has 2 aliphatic heterocycles. The molecule has 1 fully saturated rings. The van der Waals surface area contributed by atoms with Crippen molar-refractivity contribution in [3.8, 4) is 5.75 Å². The van der Waals surface area contributed by atoms with Crippen LogP contribution in [0.2, 0.25) is 0 Å². The number of benzene rings is 2. The number of hydrogen-bond acceptors (Lipinski definition) is 6. The van der Waals surface area contributed by atoms with Gasteiger partial charge in [0.05, 0.1) is 30.6 Å². The maximum atomic E-state index is 14.0. The van der Waals surface area contributed by atoms with Crippen LogP contribution in [-0.2, 0) is 19.7 Å². The number of esters is 1. The molecule has 0 bridgehead atoms. The van der Waals surface area contributed by atoms with Crippen molar-refractivity contribution < 1.29 is 28.2 Å². The lowest BCUT2D eigenvalue weighted by atomic mass is 9.81. The van der Waals surface area contributed by atoms with E-state index in [0.717, 1.165) is 24.0 Å². The lowest BCUT2D eigenvalue weighted by Gasteiger charge is -2.29. The number of carbonyl (C=O) groups is 2. The van der Waals surface area contributed by atoms with Gasteiger partial charge in [0, 0.05) is 47.7 Å². The molecule has 206 valence electrons. The maximum Gasteiger partial charge on any atom is 0.342 e. The Morgan fingerprint density at radius 1 is 1.10 bits per heavy atom. The molecule has 8 nitrogen and oxygen atoms in total. The minimum atomic E-state index is -0.571. The van der Waals surface area contributed by atoms with Crippen LogP contribution in [0.25, 0.3) is 16.5 Å². The van der Waals surface area contributed by atoms with Crippen LogP contribution >= 0.6 is 0 Å². The Morgan fingerprint density at radius 2 is 1.82 bits per heavy atom. The van der Waals surface area contributed by atoms with Crippen LogP contribution in [0.15, 0.2) is 48.7 Å². The number of nitrogens with zero attached hydrogens (tertiary/aromatic N) is 2. The largest absolute Gasteiger partial charge is 0.478 e. The van der Waals surface area contributed by atoms with Crippen molar-refractivity contribution >= 4 is 28.4 Å². The van der Waals surface area contributed by atoms with Gasteiger partial charge in [-0.3, -0.25) is 9.69 Å². The molecule has 3 heterocycles. The van der Waals surface area contributed by atoms with Crippen molar-refractivity contribution in [3.05, 3.63) is 71.3 Å². The second-order valence-electron chi connectivity index (χ2n) is 10.9. The summed E-state index contributed by atoms with van der Waals surface area (Å²) in [5, 5.41) is 0.802. The van der Waals surface area contributed by atoms with E-state index in [9.17, 15) is 14.0 Å². The molecule has 0 saturated carbocycles. The van der Waals surface area contributed by atoms with Gasteiger partial charge >= 0.3 is 5.97 Å². The molecule has 1 saturated heterocycles. The van der Waals surface area contributed by atoms with E-state index in [1.165, 1.54) is 12.1 Å². The highest BCUT2D eigenvalue weighted by Gasteiger charge is 2.37. The minimum Gasteiger partial charge on any atom is -0.478 e. The number of aromatic nitrogens is 1. The smallest absolute Gasteiger partial charge is 0.342 e. The maximum absolute atomic E-state index is 14.0. The Bertz CT molecular complexity index is 1400. The number of fused-ring (bicyclic) bond motifs is 3. The molecule has 1 amide bonds. The third-order valence-electron chi connectivity index (χ3n) is 7.00. The van der Waals surface area contributed by atoms with Crippen LogP contribution in [-0.4, -0.2) is 72.3 Å². The molecule has 0 spiro atoms. The standard InChI is InChI=1S/C30H34FN3O5/c1-19(2)39-29(36)24-16-34(17-30(3,4)26-23-10-7-21(31)15-25(23)32-27(24)26)28(35)20-5-8-22(9-6-20)38-18-33-11-13-37-14-12-33/h5-10,15-16,19,32H,11-14,17-18H2,1-4H3. The van der Waals surface area contributed by atoms with Gasteiger partial charge in [0.1, 0.15) is 18.3 Å². The zero-order chi connectivity index (χ0) is 27.7. The summed E-state index contributed by atoms with van der Waals surface area (Å²) in [6, 6.07) is 11.5. The lowest BCUT2D eigenvalue weighted by Crippen LogP contribution is -2.38. The summed E-state index contributed by atoms with van der Waals surface area (Å²) in [6.07, 6.45) is 1.20. The van der Waals surface area contributed by atoms with Gasteiger partial charge < -0.3 is 24.1 Å². The third-order valence-corrected chi connectivity index (χ3v) is 7.00. The molecule has 9 heteroatoms. The van der Waals surface area contributed by atoms with Crippen LogP contribution < -0.4 is 4.74 Å². The lowest BCUT2D eigenvalue weighted by molar-refractivity contribution is -0.140. The van der Waals surface area contributed by atoms with Gasteiger partial charge in [-0.05, 0) is 61.9 Å². The Labute approximate surface area is 227 Å². The number of carbonyl (C=O) groups excluding carboxylic acids is 2. The summed E-state index contributed by atoms with van der Waals surface area (Å²) >= 11 is 0. The molecule has 0 atom stereocenters. The van der Waals surface area contributed by atoms with E-state index in [1.807, 2.05) is 13.8 Å². The summed E-state index contributed by atoms with van der Waals surface area (Å²) in [5.74, 6) is -0.514. The second-order valence-corrected chi connectivity index (χ2v) is 10.9. The number of halogens is 1. The molecular formula is C30H34FN3O5. The normalized spacial score (nSPS) is 17.5. The second kappa shape index (κ2) is 10.8. The van der Waals surface area contributed by atoms with E-state index in [1.54, 1.807) is 55.3 Å². The van der Waals surface area contributed by atoms with E-state index in [4.69, 9.17) is 14.2 Å². The van der Waals surface area contributed by atoms with Crippen molar-refractivity contribution in [3.63, 3.8) is 0 Å². The molecule has 2 aliphatic rings. The van der Waals surface area contributed by atoms with Gasteiger partial charge in [-0.1, -0.05) is 13.8 Å². The van der Waals surface area contributed by atoms with Crippen molar-refractivity contribution in [1.29, 1.82) is 0 Å². The molecule has 5 rings (SSSR count). The first-order chi connectivity index (χ1) is 18.6. The zero-order valence-electron chi connectivity index (χ0n) is 22.8. The first-order valence-electron chi connectivity index (χ1n) is 13.2. The Kier molecular flexibility index (Phi) is 7.46. The number of hydrogen-bond donors (Lipinski definition) is 1. The van der Waals surface area contributed by atoms with Crippen LogP contribution in [0, 0.1) is 5.82 Å². The number of H-pyrrole nitrogens is 1. The van der Waals surface area contributed by atoms with Gasteiger partial charge in [0.2, 0.25) is 0 Å². The highest BCUT2D eigenvalue weighted by Crippen LogP contribution is 2.41. The number of amides is 1. The van der Waals surface area contributed by atoms with Crippen molar-refractivity contribution in [2.24, 2.45) is 0 Å².